The first-order valence-electron chi connectivity index (χ1n) is 11.0. The van der Waals surface area contributed by atoms with Crippen LogP contribution in [0.25, 0.3) is 0 Å². The number of nitrogens with one attached hydrogen (secondary N) is 3. The Balaban J connectivity index is 1.34. The molecule has 8 heteroatoms. The highest BCUT2D eigenvalue weighted by molar-refractivity contribution is 5.85. The van der Waals surface area contributed by atoms with Gasteiger partial charge in [-0.3, -0.25) is 4.79 Å². The molecule has 1 saturated heterocycles. The van der Waals surface area contributed by atoms with E-state index in [-0.39, 0.29) is 17.7 Å². The first-order chi connectivity index (χ1) is 16.5. The van der Waals surface area contributed by atoms with Gasteiger partial charge in [0.25, 0.3) is 5.91 Å². The molecular weight excluding hydrogens is 432 g/mol. The molecule has 1 heterocycles. The number of para-hydroxylation sites is 1. The third-order valence-electron chi connectivity index (χ3n) is 5.62. The number of hydrogen-bond donors (Lipinski definition) is 4. The number of phenols is 1. The maximum absolute atomic E-state index is 12.6. The molecule has 4 N–H and O–H groups in total. The summed E-state index contributed by atoms with van der Waals surface area (Å²) in [6, 6.07) is 20.3. The van der Waals surface area contributed by atoms with Gasteiger partial charge in [-0.05, 0) is 48.7 Å². The Hall–Kier alpha value is -3.88. The molecule has 3 aromatic carbocycles. The molecule has 1 aliphatic rings. The van der Waals surface area contributed by atoms with Crippen molar-refractivity contribution in [3.63, 3.8) is 0 Å². The number of phenolic OH excluding ortho intramolecular Hbond substituents is 1. The van der Waals surface area contributed by atoms with E-state index in [1.165, 1.54) is 25.0 Å². The minimum absolute atomic E-state index is 0.0408. The molecule has 0 radical (unpaired) electrons. The average molecular weight is 461 g/mol. The zero-order chi connectivity index (χ0) is 23.9. The Morgan fingerprint density at radius 2 is 1.91 bits per heavy atom. The molecule has 34 heavy (non-hydrogen) atoms. The number of benzene rings is 3. The van der Waals surface area contributed by atoms with Crippen LogP contribution in [0.15, 0.2) is 71.8 Å². The second-order valence-electron chi connectivity index (χ2n) is 8.11. The molecule has 3 aromatic rings. The molecule has 2 atom stereocenters. The highest BCUT2D eigenvalue weighted by atomic mass is 16.5. The molecule has 0 aromatic heterocycles. The fourth-order valence-corrected chi connectivity index (χ4v) is 3.70. The van der Waals surface area contributed by atoms with Gasteiger partial charge in [-0.25, -0.2) is 16.3 Å². The van der Waals surface area contributed by atoms with Crippen LogP contribution in [0, 0.1) is 6.92 Å². The molecule has 1 aliphatic heterocycles. The lowest BCUT2D eigenvalue weighted by atomic mass is 10.0. The Morgan fingerprint density at radius 3 is 2.71 bits per heavy atom. The number of hydrazone groups is 1. The monoisotopic (exact) mass is 460 g/mol. The molecule has 0 aliphatic carbocycles. The first kappa shape index (κ1) is 23.3. The van der Waals surface area contributed by atoms with Gasteiger partial charge in [-0.1, -0.05) is 48.0 Å². The standard InChI is InChI=1S/C26H28N4O4/c1-17-7-9-18(10-8-17)16-34-24-6-4-3-5-20(24)21-14-22(29-28-21)26(32)30-27-15-19-11-12-23(31)25(13-19)33-2/h3-13,15,21-22,28-29,31H,14,16H2,1-2H3,(H,30,32)/b27-15+. The van der Waals surface area contributed by atoms with Crippen LogP contribution < -0.4 is 25.8 Å². The highest BCUT2D eigenvalue weighted by Gasteiger charge is 2.31. The van der Waals surface area contributed by atoms with Gasteiger partial charge in [-0.15, -0.1) is 0 Å². The van der Waals surface area contributed by atoms with Crippen LogP contribution in [0.2, 0.25) is 0 Å². The lowest BCUT2D eigenvalue weighted by molar-refractivity contribution is -0.122. The van der Waals surface area contributed by atoms with Crippen molar-refractivity contribution in [3.8, 4) is 17.2 Å². The van der Waals surface area contributed by atoms with Gasteiger partial charge in [-0.2, -0.15) is 5.10 Å². The third kappa shape index (κ3) is 5.72. The van der Waals surface area contributed by atoms with E-state index in [1.54, 1.807) is 12.1 Å². The smallest absolute Gasteiger partial charge is 0.258 e. The Morgan fingerprint density at radius 1 is 1.12 bits per heavy atom. The van der Waals surface area contributed by atoms with Crippen molar-refractivity contribution in [1.82, 2.24) is 16.3 Å². The van der Waals surface area contributed by atoms with E-state index >= 15 is 0 Å². The molecule has 1 amide bonds. The van der Waals surface area contributed by atoms with Crippen molar-refractivity contribution in [2.75, 3.05) is 7.11 Å². The van der Waals surface area contributed by atoms with Gasteiger partial charge in [0.2, 0.25) is 0 Å². The second-order valence-corrected chi connectivity index (χ2v) is 8.11. The summed E-state index contributed by atoms with van der Waals surface area (Å²) in [4.78, 5) is 12.6. The van der Waals surface area contributed by atoms with Gasteiger partial charge in [0, 0.05) is 5.56 Å². The molecule has 4 rings (SSSR count). The number of hydrazine groups is 1. The summed E-state index contributed by atoms with van der Waals surface area (Å²) in [5.41, 5.74) is 12.8. The van der Waals surface area contributed by atoms with Crippen LogP contribution >= 0.6 is 0 Å². The minimum Gasteiger partial charge on any atom is -0.504 e. The molecule has 0 spiro atoms. The molecule has 0 bridgehead atoms. The Kier molecular flexibility index (Phi) is 7.41. The number of rotatable bonds is 8. The lowest BCUT2D eigenvalue weighted by Crippen LogP contribution is -2.41. The zero-order valence-electron chi connectivity index (χ0n) is 19.1. The quantitative estimate of drug-likeness (QED) is 0.304. The number of ether oxygens (including phenoxy) is 2. The molecule has 2 unspecified atom stereocenters. The Bertz CT molecular complexity index is 1160. The number of carbonyl (C=O) groups excluding carboxylic acids is 1. The van der Waals surface area contributed by atoms with Crippen molar-refractivity contribution >= 4 is 12.1 Å². The second kappa shape index (κ2) is 10.8. The van der Waals surface area contributed by atoms with Crippen molar-refractivity contribution in [2.45, 2.75) is 32.0 Å². The van der Waals surface area contributed by atoms with E-state index < -0.39 is 6.04 Å². The third-order valence-corrected chi connectivity index (χ3v) is 5.62. The van der Waals surface area contributed by atoms with E-state index in [4.69, 9.17) is 9.47 Å². The topological polar surface area (TPSA) is 104 Å². The van der Waals surface area contributed by atoms with Gasteiger partial charge in [0.15, 0.2) is 11.5 Å². The number of aromatic hydroxyl groups is 1. The number of carbonyl (C=O) groups is 1. The van der Waals surface area contributed by atoms with Gasteiger partial charge < -0.3 is 14.6 Å². The van der Waals surface area contributed by atoms with Crippen LogP contribution in [-0.4, -0.2) is 30.4 Å². The number of hydrogen-bond acceptors (Lipinski definition) is 7. The lowest BCUT2D eigenvalue weighted by Gasteiger charge is -2.16. The minimum atomic E-state index is -0.457. The van der Waals surface area contributed by atoms with Crippen molar-refractivity contribution in [2.24, 2.45) is 5.10 Å². The van der Waals surface area contributed by atoms with E-state index in [1.807, 2.05) is 24.3 Å². The van der Waals surface area contributed by atoms with Crippen molar-refractivity contribution in [1.29, 1.82) is 0 Å². The van der Waals surface area contributed by atoms with Crippen LogP contribution in [0.3, 0.4) is 0 Å². The summed E-state index contributed by atoms with van der Waals surface area (Å²) in [6.07, 6.45) is 2.03. The normalized spacial score (nSPS) is 17.6. The largest absolute Gasteiger partial charge is 0.504 e. The Labute approximate surface area is 198 Å². The average Bonchev–Trinajstić information content (AvgIpc) is 3.35. The maximum Gasteiger partial charge on any atom is 0.258 e. The van der Waals surface area contributed by atoms with Crippen LogP contribution in [0.4, 0.5) is 0 Å². The number of amides is 1. The fraction of sp³-hybridized carbons (Fsp3) is 0.231. The SMILES string of the molecule is COc1cc(/C=N/NC(=O)C2CC(c3ccccc3OCc3ccc(C)cc3)NN2)ccc1O. The molecular formula is C26H28N4O4. The molecule has 176 valence electrons. The summed E-state index contributed by atoms with van der Waals surface area (Å²) < 4.78 is 11.2. The molecule has 8 nitrogen and oxygen atoms in total. The highest BCUT2D eigenvalue weighted by Crippen LogP contribution is 2.31. The van der Waals surface area contributed by atoms with Crippen molar-refractivity contribution < 1.29 is 19.4 Å². The van der Waals surface area contributed by atoms with E-state index in [2.05, 4.69) is 52.6 Å². The maximum atomic E-state index is 12.6. The fourth-order valence-electron chi connectivity index (χ4n) is 3.70. The summed E-state index contributed by atoms with van der Waals surface area (Å²) in [7, 11) is 1.47. The van der Waals surface area contributed by atoms with E-state index in [0.29, 0.717) is 24.3 Å². The number of nitrogens with zero attached hydrogens (tertiary/aromatic N) is 1. The number of aryl methyl sites for hydroxylation is 1. The molecule has 0 saturated carbocycles. The molecule has 1 fully saturated rings. The zero-order valence-corrected chi connectivity index (χ0v) is 19.1. The summed E-state index contributed by atoms with van der Waals surface area (Å²) in [5.74, 6) is 0.903. The van der Waals surface area contributed by atoms with Gasteiger partial charge in [0.1, 0.15) is 18.4 Å². The van der Waals surface area contributed by atoms with E-state index in [9.17, 15) is 9.90 Å². The van der Waals surface area contributed by atoms with Crippen molar-refractivity contribution in [3.05, 3.63) is 89.0 Å². The number of methoxy groups -OCH3 is 1. The van der Waals surface area contributed by atoms with Gasteiger partial charge in [0.05, 0.1) is 19.4 Å². The van der Waals surface area contributed by atoms with Gasteiger partial charge >= 0.3 is 0 Å². The van der Waals surface area contributed by atoms with Crippen LogP contribution in [0.5, 0.6) is 17.2 Å². The predicted molar refractivity (Wildman–Crippen MR) is 130 cm³/mol. The van der Waals surface area contributed by atoms with Crippen LogP contribution in [-0.2, 0) is 11.4 Å². The van der Waals surface area contributed by atoms with Crippen LogP contribution in [0.1, 0.15) is 34.7 Å². The summed E-state index contributed by atoms with van der Waals surface area (Å²) >= 11 is 0. The predicted octanol–water partition coefficient (Wildman–Crippen LogP) is 3.35. The first-order valence-corrected chi connectivity index (χ1v) is 11.0. The summed E-state index contributed by atoms with van der Waals surface area (Å²) in [6.45, 7) is 2.53. The summed E-state index contributed by atoms with van der Waals surface area (Å²) in [5, 5.41) is 13.7. The van der Waals surface area contributed by atoms with E-state index in [0.717, 1.165) is 16.9 Å².